The second-order valence-corrected chi connectivity index (χ2v) is 5.12. The summed E-state index contributed by atoms with van der Waals surface area (Å²) in [5.41, 5.74) is 5.08. The lowest BCUT2D eigenvalue weighted by atomic mass is 10.1. The molecule has 0 saturated heterocycles. The maximum absolute atomic E-state index is 11.8. The first-order valence-electron chi connectivity index (χ1n) is 5.08. The molecule has 1 rings (SSSR count). The molecule has 0 aliphatic carbocycles. The predicted molar refractivity (Wildman–Crippen MR) is 64.3 cm³/mol. The number of nitrogens with two attached hydrogens (primary N) is 1. The molecule has 5 heteroatoms. The fourth-order valence-electron chi connectivity index (χ4n) is 1.22. The van der Waals surface area contributed by atoms with E-state index >= 15 is 0 Å². The SMILES string of the molecule is Cc1ccc(C(C)C(=O)NC(C)C(N)=O)s1. The zero-order valence-electron chi connectivity index (χ0n) is 9.61. The average molecular weight is 240 g/mol. The molecule has 1 aromatic rings. The topological polar surface area (TPSA) is 72.2 Å². The smallest absolute Gasteiger partial charge is 0.239 e. The van der Waals surface area contributed by atoms with Gasteiger partial charge < -0.3 is 11.1 Å². The molecule has 0 aromatic carbocycles. The van der Waals surface area contributed by atoms with E-state index in [0.29, 0.717) is 0 Å². The van der Waals surface area contributed by atoms with Crippen LogP contribution in [0.5, 0.6) is 0 Å². The van der Waals surface area contributed by atoms with Gasteiger partial charge in [-0.05, 0) is 32.9 Å². The van der Waals surface area contributed by atoms with Gasteiger partial charge in [-0.15, -0.1) is 11.3 Å². The number of amides is 2. The van der Waals surface area contributed by atoms with Crippen LogP contribution in [0.2, 0.25) is 0 Å². The van der Waals surface area contributed by atoms with Crippen molar-refractivity contribution in [1.29, 1.82) is 0 Å². The number of carbonyl (C=O) groups excluding carboxylic acids is 2. The largest absolute Gasteiger partial charge is 0.368 e. The summed E-state index contributed by atoms with van der Waals surface area (Å²) in [6.45, 7) is 5.38. The zero-order chi connectivity index (χ0) is 12.3. The Morgan fingerprint density at radius 3 is 2.44 bits per heavy atom. The highest BCUT2D eigenvalue weighted by atomic mass is 32.1. The maximum Gasteiger partial charge on any atom is 0.239 e. The molecule has 2 unspecified atom stereocenters. The van der Waals surface area contributed by atoms with Gasteiger partial charge in [-0.3, -0.25) is 9.59 Å². The molecule has 3 N–H and O–H groups in total. The van der Waals surface area contributed by atoms with Crippen LogP contribution in [0.3, 0.4) is 0 Å². The van der Waals surface area contributed by atoms with E-state index in [1.807, 2.05) is 26.0 Å². The lowest BCUT2D eigenvalue weighted by molar-refractivity contribution is -0.127. The number of nitrogens with one attached hydrogen (secondary N) is 1. The van der Waals surface area contributed by atoms with E-state index in [1.54, 1.807) is 18.3 Å². The minimum Gasteiger partial charge on any atom is -0.368 e. The predicted octanol–water partition coefficient (Wildman–Crippen LogP) is 1.15. The molecular formula is C11H16N2O2S. The number of rotatable bonds is 4. The number of carbonyl (C=O) groups is 2. The monoisotopic (exact) mass is 240 g/mol. The van der Waals surface area contributed by atoms with Gasteiger partial charge in [0.15, 0.2) is 0 Å². The number of hydrogen-bond acceptors (Lipinski definition) is 3. The summed E-state index contributed by atoms with van der Waals surface area (Å²) < 4.78 is 0. The molecule has 2 amide bonds. The summed E-state index contributed by atoms with van der Waals surface area (Å²) in [5.74, 6) is -0.948. The average Bonchev–Trinajstić information content (AvgIpc) is 2.63. The van der Waals surface area contributed by atoms with Gasteiger partial charge in [0.05, 0.1) is 5.92 Å². The normalized spacial score (nSPS) is 14.2. The fourth-order valence-corrected chi connectivity index (χ4v) is 2.15. The van der Waals surface area contributed by atoms with Crippen molar-refractivity contribution in [1.82, 2.24) is 5.32 Å². The van der Waals surface area contributed by atoms with Gasteiger partial charge in [-0.1, -0.05) is 0 Å². The summed E-state index contributed by atoms with van der Waals surface area (Å²) in [6.07, 6.45) is 0. The van der Waals surface area contributed by atoms with Crippen LogP contribution in [-0.4, -0.2) is 17.9 Å². The maximum atomic E-state index is 11.8. The van der Waals surface area contributed by atoms with Crippen molar-refractivity contribution in [2.75, 3.05) is 0 Å². The lowest BCUT2D eigenvalue weighted by Crippen LogP contribution is -2.43. The zero-order valence-corrected chi connectivity index (χ0v) is 10.4. The van der Waals surface area contributed by atoms with Crippen LogP contribution < -0.4 is 11.1 Å². The molecule has 0 aliphatic heterocycles. The Kier molecular flexibility index (Phi) is 4.06. The van der Waals surface area contributed by atoms with Gasteiger partial charge >= 0.3 is 0 Å². The van der Waals surface area contributed by atoms with Gasteiger partial charge in [0.2, 0.25) is 11.8 Å². The Morgan fingerprint density at radius 1 is 1.38 bits per heavy atom. The highest BCUT2D eigenvalue weighted by molar-refractivity contribution is 7.12. The van der Waals surface area contributed by atoms with Gasteiger partial charge in [0.1, 0.15) is 6.04 Å². The minimum absolute atomic E-state index is 0.173. The highest BCUT2D eigenvalue weighted by Gasteiger charge is 2.20. The lowest BCUT2D eigenvalue weighted by Gasteiger charge is -2.14. The number of thiophene rings is 1. The Hall–Kier alpha value is -1.36. The van der Waals surface area contributed by atoms with Crippen LogP contribution in [0.4, 0.5) is 0 Å². The summed E-state index contributed by atoms with van der Waals surface area (Å²) in [5, 5.41) is 2.58. The summed E-state index contributed by atoms with van der Waals surface area (Å²) in [4.78, 5) is 24.7. The van der Waals surface area contributed by atoms with Crippen molar-refractivity contribution in [3.05, 3.63) is 21.9 Å². The van der Waals surface area contributed by atoms with Crippen molar-refractivity contribution in [3.63, 3.8) is 0 Å². The highest BCUT2D eigenvalue weighted by Crippen LogP contribution is 2.24. The van der Waals surface area contributed by atoms with E-state index in [1.165, 1.54) is 0 Å². The van der Waals surface area contributed by atoms with Gasteiger partial charge in [0.25, 0.3) is 0 Å². The van der Waals surface area contributed by atoms with Crippen molar-refractivity contribution in [2.24, 2.45) is 5.73 Å². The first-order valence-corrected chi connectivity index (χ1v) is 5.89. The molecule has 0 fully saturated rings. The molecule has 0 aliphatic rings. The van der Waals surface area contributed by atoms with Crippen molar-refractivity contribution in [3.8, 4) is 0 Å². The third-order valence-electron chi connectivity index (χ3n) is 2.37. The molecule has 2 atom stereocenters. The standard InChI is InChI=1S/C11H16N2O2S/c1-6-4-5-9(16-6)7(2)11(15)13-8(3)10(12)14/h4-5,7-8H,1-3H3,(H2,12,14)(H,13,15). The summed E-state index contributed by atoms with van der Waals surface area (Å²) in [6, 6.07) is 3.27. The molecule has 0 bridgehead atoms. The van der Waals surface area contributed by atoms with Crippen LogP contribution in [0.25, 0.3) is 0 Å². The number of primary amides is 1. The molecule has 0 radical (unpaired) electrons. The van der Waals surface area contributed by atoms with Crippen molar-refractivity contribution < 1.29 is 9.59 Å². The Bertz CT molecular complexity index is 400. The molecule has 16 heavy (non-hydrogen) atoms. The number of hydrogen-bond donors (Lipinski definition) is 2. The van der Waals surface area contributed by atoms with Crippen molar-refractivity contribution >= 4 is 23.2 Å². The Morgan fingerprint density at radius 2 is 2.00 bits per heavy atom. The fraction of sp³-hybridized carbons (Fsp3) is 0.455. The third kappa shape index (κ3) is 3.06. The molecule has 88 valence electrons. The second kappa shape index (κ2) is 5.12. The van der Waals surface area contributed by atoms with E-state index in [9.17, 15) is 9.59 Å². The molecule has 4 nitrogen and oxygen atoms in total. The summed E-state index contributed by atoms with van der Waals surface area (Å²) >= 11 is 1.58. The Labute approximate surface area is 98.8 Å². The minimum atomic E-state index is -0.629. The van der Waals surface area contributed by atoms with E-state index in [-0.39, 0.29) is 11.8 Å². The van der Waals surface area contributed by atoms with Crippen LogP contribution in [0, 0.1) is 6.92 Å². The summed E-state index contributed by atoms with van der Waals surface area (Å²) in [7, 11) is 0. The van der Waals surface area contributed by atoms with E-state index in [0.717, 1.165) is 9.75 Å². The first-order chi connectivity index (χ1) is 7.41. The van der Waals surface area contributed by atoms with Gasteiger partial charge in [0, 0.05) is 9.75 Å². The van der Waals surface area contributed by atoms with E-state index in [4.69, 9.17) is 5.73 Å². The first kappa shape index (κ1) is 12.7. The van der Waals surface area contributed by atoms with Gasteiger partial charge in [-0.25, -0.2) is 0 Å². The molecule has 0 saturated carbocycles. The third-order valence-corrected chi connectivity index (χ3v) is 3.55. The number of aryl methyl sites for hydroxylation is 1. The quantitative estimate of drug-likeness (QED) is 0.828. The van der Waals surface area contributed by atoms with E-state index in [2.05, 4.69) is 5.32 Å². The Balaban J connectivity index is 2.64. The van der Waals surface area contributed by atoms with Crippen LogP contribution in [0.1, 0.15) is 29.5 Å². The van der Waals surface area contributed by atoms with Crippen LogP contribution in [-0.2, 0) is 9.59 Å². The molecule has 0 spiro atoms. The van der Waals surface area contributed by atoms with Crippen LogP contribution >= 0.6 is 11.3 Å². The van der Waals surface area contributed by atoms with Crippen LogP contribution in [0.15, 0.2) is 12.1 Å². The van der Waals surface area contributed by atoms with E-state index < -0.39 is 11.9 Å². The second-order valence-electron chi connectivity index (χ2n) is 3.80. The molecular weight excluding hydrogens is 224 g/mol. The van der Waals surface area contributed by atoms with Crippen molar-refractivity contribution in [2.45, 2.75) is 32.7 Å². The van der Waals surface area contributed by atoms with Gasteiger partial charge in [-0.2, -0.15) is 0 Å². The molecule has 1 aromatic heterocycles. The molecule has 1 heterocycles.